The summed E-state index contributed by atoms with van der Waals surface area (Å²) in [6.07, 6.45) is 5.79. The molecule has 116 valence electrons. The summed E-state index contributed by atoms with van der Waals surface area (Å²) in [4.78, 5) is 18.6. The van der Waals surface area contributed by atoms with Gasteiger partial charge in [0.05, 0.1) is 10.7 Å². The highest BCUT2D eigenvalue weighted by Crippen LogP contribution is 2.17. The number of aromatic nitrogens is 1. The first-order valence-electron chi connectivity index (χ1n) is 7.66. The van der Waals surface area contributed by atoms with Gasteiger partial charge in [0.15, 0.2) is 0 Å². The molecule has 1 unspecified atom stereocenters. The number of amides is 1. The maximum Gasteiger partial charge on any atom is 0.244 e. The third-order valence-corrected chi connectivity index (χ3v) is 4.68. The number of hydrogen-bond acceptors (Lipinski definition) is 4. The summed E-state index contributed by atoms with van der Waals surface area (Å²) in [5, 5.41) is 5.99. The summed E-state index contributed by atoms with van der Waals surface area (Å²) >= 11 is 1.60. The minimum atomic E-state index is -0.0256. The number of nitrogens with one attached hydrogen (secondary N) is 1. The molecule has 0 aromatic carbocycles. The summed E-state index contributed by atoms with van der Waals surface area (Å²) in [6.45, 7) is 9.48. The number of carbonyl (C=O) groups excluding carboxylic acids is 1. The third-order valence-electron chi connectivity index (χ3n) is 3.89. The molecule has 1 aliphatic rings. The summed E-state index contributed by atoms with van der Waals surface area (Å²) in [6, 6.07) is 0.594. The number of thiazole rings is 1. The van der Waals surface area contributed by atoms with E-state index in [1.54, 1.807) is 23.5 Å². The van der Waals surface area contributed by atoms with Crippen molar-refractivity contribution in [3.63, 3.8) is 0 Å². The minimum absolute atomic E-state index is 0.0256. The first-order chi connectivity index (χ1) is 10.0. The molecule has 0 saturated carbocycles. The van der Waals surface area contributed by atoms with Crippen LogP contribution in [0.4, 0.5) is 0 Å². The second kappa shape index (κ2) is 7.71. The Kier molecular flexibility index (Phi) is 5.94. The molecule has 0 radical (unpaired) electrons. The van der Waals surface area contributed by atoms with Gasteiger partial charge in [0, 0.05) is 30.6 Å². The molecule has 1 saturated heterocycles. The molecule has 2 heterocycles. The molecule has 1 aliphatic heterocycles. The Labute approximate surface area is 131 Å². The largest absolute Gasteiger partial charge is 0.352 e. The van der Waals surface area contributed by atoms with E-state index in [2.05, 4.69) is 29.0 Å². The first kappa shape index (κ1) is 16.2. The average molecular weight is 307 g/mol. The summed E-state index contributed by atoms with van der Waals surface area (Å²) in [5.41, 5.74) is 0.858. The minimum Gasteiger partial charge on any atom is -0.352 e. The van der Waals surface area contributed by atoms with Crippen LogP contribution in [0.5, 0.6) is 0 Å². The van der Waals surface area contributed by atoms with Gasteiger partial charge in [-0.25, -0.2) is 4.98 Å². The fourth-order valence-electron chi connectivity index (χ4n) is 2.65. The molecular weight excluding hydrogens is 282 g/mol. The van der Waals surface area contributed by atoms with Gasteiger partial charge in [-0.2, -0.15) is 0 Å². The van der Waals surface area contributed by atoms with Gasteiger partial charge in [-0.3, -0.25) is 4.79 Å². The molecule has 1 aromatic heterocycles. The Morgan fingerprint density at radius 1 is 1.62 bits per heavy atom. The second-order valence-corrected chi connectivity index (χ2v) is 7.03. The monoisotopic (exact) mass is 307 g/mol. The predicted molar refractivity (Wildman–Crippen MR) is 88.3 cm³/mol. The lowest BCUT2D eigenvalue weighted by molar-refractivity contribution is -0.116. The Morgan fingerprint density at radius 2 is 2.43 bits per heavy atom. The topological polar surface area (TPSA) is 45.2 Å². The van der Waals surface area contributed by atoms with Gasteiger partial charge in [-0.15, -0.1) is 11.3 Å². The highest BCUT2D eigenvalue weighted by molar-refractivity contribution is 7.09. The predicted octanol–water partition coefficient (Wildman–Crippen LogP) is 2.70. The van der Waals surface area contributed by atoms with Crippen molar-refractivity contribution in [2.24, 2.45) is 5.92 Å². The zero-order valence-corrected chi connectivity index (χ0v) is 13.9. The summed E-state index contributed by atoms with van der Waals surface area (Å²) in [5.74, 6) is 0.544. The molecule has 1 atom stereocenters. The van der Waals surface area contributed by atoms with Crippen LogP contribution in [0.2, 0.25) is 0 Å². The van der Waals surface area contributed by atoms with Gasteiger partial charge >= 0.3 is 0 Å². The Hall–Kier alpha value is -1.20. The number of rotatable bonds is 5. The Balaban J connectivity index is 1.74. The lowest BCUT2D eigenvalue weighted by Crippen LogP contribution is -2.43. The maximum atomic E-state index is 11.8. The maximum absolute atomic E-state index is 11.8. The van der Waals surface area contributed by atoms with Crippen molar-refractivity contribution in [1.29, 1.82) is 0 Å². The molecule has 0 aliphatic carbocycles. The van der Waals surface area contributed by atoms with Crippen LogP contribution in [0, 0.1) is 12.8 Å². The molecule has 1 amide bonds. The zero-order chi connectivity index (χ0) is 15.2. The molecule has 4 nitrogen and oxygen atoms in total. The third kappa shape index (κ3) is 5.25. The molecule has 0 bridgehead atoms. The molecular formula is C16H25N3OS. The van der Waals surface area contributed by atoms with Crippen LogP contribution in [0.25, 0.3) is 6.08 Å². The number of nitrogens with zero attached hydrogens (tertiary/aromatic N) is 2. The highest BCUT2D eigenvalue weighted by Gasteiger charge is 2.21. The number of carbonyl (C=O) groups is 1. The van der Waals surface area contributed by atoms with Crippen molar-refractivity contribution < 1.29 is 4.79 Å². The van der Waals surface area contributed by atoms with E-state index in [0.29, 0.717) is 12.0 Å². The average Bonchev–Trinajstić information content (AvgIpc) is 2.89. The number of hydrogen-bond donors (Lipinski definition) is 1. The lowest BCUT2D eigenvalue weighted by atomic mass is 9.97. The van der Waals surface area contributed by atoms with Gasteiger partial charge in [0.25, 0.3) is 0 Å². The van der Waals surface area contributed by atoms with Crippen molar-refractivity contribution in [2.45, 2.75) is 39.7 Å². The molecule has 0 spiro atoms. The molecule has 5 heteroatoms. The van der Waals surface area contributed by atoms with Gasteiger partial charge in [-0.1, -0.05) is 0 Å². The van der Waals surface area contributed by atoms with E-state index in [4.69, 9.17) is 0 Å². The number of likely N-dealkylation sites (tertiary alicyclic amines) is 1. The van der Waals surface area contributed by atoms with Crippen LogP contribution >= 0.6 is 11.3 Å². The van der Waals surface area contributed by atoms with Crippen LogP contribution in [0.15, 0.2) is 11.5 Å². The van der Waals surface area contributed by atoms with Crippen LogP contribution < -0.4 is 5.32 Å². The number of piperidine rings is 1. The first-order valence-corrected chi connectivity index (χ1v) is 8.54. The summed E-state index contributed by atoms with van der Waals surface area (Å²) < 4.78 is 0. The molecule has 2 rings (SSSR count). The Bertz CT molecular complexity index is 495. The van der Waals surface area contributed by atoms with E-state index in [0.717, 1.165) is 23.8 Å². The van der Waals surface area contributed by atoms with Crippen molar-refractivity contribution in [3.8, 4) is 0 Å². The Morgan fingerprint density at radius 3 is 3.10 bits per heavy atom. The number of aryl methyl sites for hydroxylation is 1. The van der Waals surface area contributed by atoms with E-state index < -0.39 is 0 Å². The quantitative estimate of drug-likeness (QED) is 0.851. The summed E-state index contributed by atoms with van der Waals surface area (Å²) in [7, 11) is 0. The van der Waals surface area contributed by atoms with Crippen molar-refractivity contribution >= 4 is 23.3 Å². The zero-order valence-electron chi connectivity index (χ0n) is 13.1. The fourth-order valence-corrected chi connectivity index (χ4v) is 3.24. The van der Waals surface area contributed by atoms with Crippen LogP contribution in [0.1, 0.15) is 37.4 Å². The second-order valence-electron chi connectivity index (χ2n) is 5.97. The van der Waals surface area contributed by atoms with E-state index >= 15 is 0 Å². The van der Waals surface area contributed by atoms with E-state index in [9.17, 15) is 4.79 Å². The van der Waals surface area contributed by atoms with E-state index in [1.165, 1.54) is 19.4 Å². The van der Waals surface area contributed by atoms with Gasteiger partial charge in [0.1, 0.15) is 0 Å². The van der Waals surface area contributed by atoms with Gasteiger partial charge in [-0.05, 0) is 52.2 Å². The lowest BCUT2D eigenvalue weighted by Gasteiger charge is -2.35. The van der Waals surface area contributed by atoms with Gasteiger partial charge in [0.2, 0.25) is 5.91 Å². The van der Waals surface area contributed by atoms with Crippen LogP contribution in [-0.4, -0.2) is 41.5 Å². The van der Waals surface area contributed by atoms with E-state index in [1.807, 2.05) is 12.3 Å². The highest BCUT2D eigenvalue weighted by atomic mass is 32.1. The fraction of sp³-hybridized carbons (Fsp3) is 0.625. The molecule has 21 heavy (non-hydrogen) atoms. The molecule has 1 aromatic rings. The standard InChI is InChI=1S/C16H25N3OS/c1-12(2)19-8-4-5-14(10-19)9-17-16(20)7-6-15-11-21-13(3)18-15/h6-7,11-12,14H,4-5,8-10H2,1-3H3,(H,17,20)/b7-6+. The van der Waals surface area contributed by atoms with Crippen molar-refractivity contribution in [2.75, 3.05) is 19.6 Å². The molecule has 1 N–H and O–H groups in total. The van der Waals surface area contributed by atoms with Crippen molar-refractivity contribution in [3.05, 3.63) is 22.2 Å². The van der Waals surface area contributed by atoms with E-state index in [-0.39, 0.29) is 5.91 Å². The van der Waals surface area contributed by atoms with Crippen molar-refractivity contribution in [1.82, 2.24) is 15.2 Å². The van der Waals surface area contributed by atoms with Gasteiger partial charge < -0.3 is 10.2 Å². The smallest absolute Gasteiger partial charge is 0.244 e. The normalized spacial score (nSPS) is 20.3. The van der Waals surface area contributed by atoms with Crippen LogP contribution in [0.3, 0.4) is 0 Å². The molecule has 1 fully saturated rings. The SMILES string of the molecule is Cc1nc(/C=C/C(=O)NCC2CCCN(C(C)C)C2)cs1. The van der Waals surface area contributed by atoms with Crippen LogP contribution in [-0.2, 0) is 4.79 Å².